The van der Waals surface area contributed by atoms with Gasteiger partial charge in [0, 0.05) is 43.6 Å². The predicted octanol–water partition coefficient (Wildman–Crippen LogP) is 4.10. The lowest BCUT2D eigenvalue weighted by Gasteiger charge is -2.30. The molecule has 5 rings (SSSR count). The number of nitrogens with two attached hydrogens (primary N) is 1. The fraction of sp³-hybridized carbons (Fsp3) is 0.500. The molecule has 9 nitrogen and oxygen atoms in total. The quantitative estimate of drug-likeness (QED) is 0.460. The molecule has 2 aliphatic rings. The summed E-state index contributed by atoms with van der Waals surface area (Å²) in [4.78, 5) is 35.3. The fourth-order valence-corrected chi connectivity index (χ4v) is 5.59. The maximum Gasteiger partial charge on any atom is 0.434 e. The number of likely N-dealkylation sites (tertiary alicyclic amines) is 1. The number of rotatable bonds is 4. The number of carbonyl (C=O) groups is 2. The zero-order valence-corrected chi connectivity index (χ0v) is 21.8. The summed E-state index contributed by atoms with van der Waals surface area (Å²) in [5.41, 5.74) is 5.68. The van der Waals surface area contributed by atoms with Crippen molar-refractivity contribution in [3.8, 4) is 11.3 Å². The molecule has 0 radical (unpaired) electrons. The Bertz CT molecular complexity index is 1460. The van der Waals surface area contributed by atoms with E-state index in [0.29, 0.717) is 16.8 Å². The Kier molecular flexibility index (Phi) is 6.91. The van der Waals surface area contributed by atoms with E-state index in [4.69, 9.17) is 5.73 Å². The molecule has 14 heteroatoms. The third-order valence-electron chi connectivity index (χ3n) is 7.78. The highest BCUT2D eigenvalue weighted by atomic mass is 19.4. The van der Waals surface area contributed by atoms with E-state index in [1.165, 1.54) is 15.7 Å². The normalized spacial score (nSPS) is 21.6. The Morgan fingerprint density at radius 2 is 1.82 bits per heavy atom. The number of hydrogen-bond acceptors (Lipinski definition) is 6. The van der Waals surface area contributed by atoms with E-state index in [1.807, 2.05) is 0 Å². The maximum absolute atomic E-state index is 13.9. The molecule has 2 amide bonds. The van der Waals surface area contributed by atoms with Crippen LogP contribution in [-0.2, 0) is 11.0 Å². The second-order valence-corrected chi connectivity index (χ2v) is 10.7. The van der Waals surface area contributed by atoms with Gasteiger partial charge in [-0.3, -0.25) is 14.6 Å². The van der Waals surface area contributed by atoms with Crippen LogP contribution in [0.25, 0.3) is 16.8 Å². The lowest BCUT2D eigenvalue weighted by atomic mass is 9.86. The SMILES string of the molecule is Cc1cc(-c2cnc(C(F)(F)F)c(C(=O)NC3CN(C(=O)C4CCC(F)(F)CC4)C[C@@H]3C)c2)n2ncnc(N)c12. The van der Waals surface area contributed by atoms with E-state index in [2.05, 4.69) is 20.4 Å². The molecule has 1 saturated heterocycles. The highest BCUT2D eigenvalue weighted by Crippen LogP contribution is 2.38. The number of alkyl halides is 5. The summed E-state index contributed by atoms with van der Waals surface area (Å²) >= 11 is 0. The van der Waals surface area contributed by atoms with Gasteiger partial charge in [-0.25, -0.2) is 18.3 Å². The molecular weight excluding hydrogens is 537 g/mol. The summed E-state index contributed by atoms with van der Waals surface area (Å²) in [6, 6.07) is 2.14. The van der Waals surface area contributed by atoms with E-state index in [-0.39, 0.29) is 62.0 Å². The Morgan fingerprint density at radius 1 is 1.12 bits per heavy atom. The predicted molar refractivity (Wildman–Crippen MR) is 134 cm³/mol. The Balaban J connectivity index is 1.39. The van der Waals surface area contributed by atoms with Crippen molar-refractivity contribution >= 4 is 23.1 Å². The second-order valence-electron chi connectivity index (χ2n) is 10.7. The summed E-state index contributed by atoms with van der Waals surface area (Å²) < 4.78 is 70.1. The molecule has 1 aliphatic carbocycles. The molecule has 3 aromatic rings. The molecule has 0 bridgehead atoms. The van der Waals surface area contributed by atoms with Gasteiger partial charge in [-0.2, -0.15) is 18.3 Å². The molecule has 1 aliphatic heterocycles. The van der Waals surface area contributed by atoms with Gasteiger partial charge in [-0.05, 0) is 43.4 Å². The number of aryl methyl sites for hydroxylation is 1. The van der Waals surface area contributed by atoms with Crippen molar-refractivity contribution in [2.75, 3.05) is 18.8 Å². The minimum Gasteiger partial charge on any atom is -0.382 e. The first-order valence-electron chi connectivity index (χ1n) is 12.9. The van der Waals surface area contributed by atoms with Crippen LogP contribution >= 0.6 is 0 Å². The fourth-order valence-electron chi connectivity index (χ4n) is 5.59. The topological polar surface area (TPSA) is 119 Å². The molecule has 2 fully saturated rings. The van der Waals surface area contributed by atoms with Gasteiger partial charge in [-0.1, -0.05) is 6.92 Å². The third-order valence-corrected chi connectivity index (χ3v) is 7.78. The smallest absolute Gasteiger partial charge is 0.382 e. The van der Waals surface area contributed by atoms with E-state index in [0.717, 1.165) is 12.3 Å². The minimum atomic E-state index is -4.90. The average Bonchev–Trinajstić information content (AvgIpc) is 3.42. The van der Waals surface area contributed by atoms with Crippen molar-refractivity contribution < 1.29 is 31.5 Å². The molecule has 1 saturated carbocycles. The van der Waals surface area contributed by atoms with E-state index in [1.54, 1.807) is 19.9 Å². The third kappa shape index (κ3) is 5.18. The average molecular weight is 566 g/mol. The lowest BCUT2D eigenvalue weighted by molar-refractivity contribution is -0.141. The number of hydrogen-bond donors (Lipinski definition) is 2. The number of aromatic nitrogens is 4. The molecule has 3 N–H and O–H groups in total. The van der Waals surface area contributed by atoms with Crippen LogP contribution in [0.5, 0.6) is 0 Å². The Labute approximate surface area is 225 Å². The number of fused-ring (bicyclic) bond motifs is 1. The highest BCUT2D eigenvalue weighted by molar-refractivity contribution is 5.97. The zero-order chi connectivity index (χ0) is 29.0. The summed E-state index contributed by atoms with van der Waals surface area (Å²) in [6.07, 6.45) is -3.23. The van der Waals surface area contributed by atoms with Crippen LogP contribution in [0.15, 0.2) is 24.7 Å². The standard InChI is InChI=1S/C26H28F5N7O2/c1-13-7-19(38-20(13)22(32)34-12-35-38)16-8-17(21(33-9-16)26(29,30)31)23(39)36-18-11-37(10-14(18)2)24(40)15-3-5-25(27,28)6-4-15/h7-9,12,14-15,18H,3-6,10-11H2,1-2H3,(H,36,39)(H2,32,34,35)/t14-,18?/m0/s1. The molecule has 0 aromatic carbocycles. The second kappa shape index (κ2) is 9.97. The summed E-state index contributed by atoms with van der Waals surface area (Å²) in [5.74, 6) is -4.63. The van der Waals surface area contributed by atoms with Crippen molar-refractivity contribution in [2.45, 2.75) is 57.7 Å². The van der Waals surface area contributed by atoms with Crippen molar-refractivity contribution in [3.05, 3.63) is 41.5 Å². The molecule has 2 atom stereocenters. The first kappa shape index (κ1) is 27.7. The first-order chi connectivity index (χ1) is 18.7. The number of anilines is 1. The summed E-state index contributed by atoms with van der Waals surface area (Å²) in [7, 11) is 0. The van der Waals surface area contributed by atoms with Gasteiger partial charge in [0.1, 0.15) is 11.8 Å². The number of nitrogens with one attached hydrogen (secondary N) is 1. The van der Waals surface area contributed by atoms with Crippen LogP contribution in [-0.4, -0.2) is 61.4 Å². The molecular formula is C26H28F5N7O2. The van der Waals surface area contributed by atoms with Gasteiger partial charge >= 0.3 is 6.18 Å². The largest absolute Gasteiger partial charge is 0.434 e. The molecule has 40 heavy (non-hydrogen) atoms. The first-order valence-corrected chi connectivity index (χ1v) is 12.9. The van der Waals surface area contributed by atoms with E-state index >= 15 is 0 Å². The van der Waals surface area contributed by atoms with Gasteiger partial charge < -0.3 is 16.0 Å². The Hall–Kier alpha value is -3.84. The molecule has 3 aromatic heterocycles. The molecule has 214 valence electrons. The van der Waals surface area contributed by atoms with Gasteiger partial charge in [0.05, 0.1) is 17.3 Å². The highest BCUT2D eigenvalue weighted by Gasteiger charge is 2.42. The van der Waals surface area contributed by atoms with Crippen LogP contribution in [0.2, 0.25) is 0 Å². The van der Waals surface area contributed by atoms with Crippen molar-refractivity contribution in [3.63, 3.8) is 0 Å². The van der Waals surface area contributed by atoms with Gasteiger partial charge in [0.2, 0.25) is 11.8 Å². The van der Waals surface area contributed by atoms with E-state index in [9.17, 15) is 31.5 Å². The zero-order valence-electron chi connectivity index (χ0n) is 21.8. The molecule has 4 heterocycles. The Morgan fingerprint density at radius 3 is 2.50 bits per heavy atom. The molecule has 1 unspecified atom stereocenters. The monoisotopic (exact) mass is 565 g/mol. The van der Waals surface area contributed by atoms with Crippen LogP contribution in [0.3, 0.4) is 0 Å². The number of nitrogen functional groups attached to an aromatic ring is 1. The van der Waals surface area contributed by atoms with Crippen molar-refractivity contribution in [1.29, 1.82) is 0 Å². The summed E-state index contributed by atoms with van der Waals surface area (Å²) in [5, 5.41) is 6.79. The lowest BCUT2D eigenvalue weighted by Crippen LogP contribution is -2.42. The minimum absolute atomic E-state index is 0.0750. The summed E-state index contributed by atoms with van der Waals surface area (Å²) in [6.45, 7) is 3.85. The number of nitrogens with zero attached hydrogens (tertiary/aromatic N) is 5. The maximum atomic E-state index is 13.9. The van der Waals surface area contributed by atoms with Crippen LogP contribution in [0.4, 0.5) is 27.8 Å². The van der Waals surface area contributed by atoms with Gasteiger partial charge in [0.25, 0.3) is 5.91 Å². The number of halogens is 5. The van der Waals surface area contributed by atoms with E-state index < -0.39 is 41.2 Å². The van der Waals surface area contributed by atoms with Crippen LogP contribution in [0, 0.1) is 18.8 Å². The molecule has 0 spiro atoms. The van der Waals surface area contributed by atoms with Crippen LogP contribution < -0.4 is 11.1 Å². The van der Waals surface area contributed by atoms with Gasteiger partial charge in [-0.15, -0.1) is 0 Å². The van der Waals surface area contributed by atoms with Gasteiger partial charge in [0.15, 0.2) is 11.5 Å². The number of amides is 2. The number of pyridine rings is 1. The van der Waals surface area contributed by atoms with Crippen LogP contribution in [0.1, 0.15) is 54.2 Å². The van der Waals surface area contributed by atoms with Crippen molar-refractivity contribution in [2.24, 2.45) is 11.8 Å². The number of carbonyl (C=O) groups excluding carboxylic acids is 2. The van der Waals surface area contributed by atoms with Crippen molar-refractivity contribution in [1.82, 2.24) is 29.8 Å².